The first-order valence-electron chi connectivity index (χ1n) is 1.87. The van der Waals surface area contributed by atoms with Gasteiger partial charge >= 0.3 is 0 Å². The number of nitrogens with one attached hydrogen (secondary N) is 1. The van der Waals surface area contributed by atoms with Gasteiger partial charge in [0.15, 0.2) is 5.50 Å². The molecule has 0 aromatic carbocycles. The van der Waals surface area contributed by atoms with Crippen molar-refractivity contribution in [2.45, 2.75) is 5.50 Å². The van der Waals surface area contributed by atoms with E-state index in [1.807, 2.05) is 0 Å². The summed E-state index contributed by atoms with van der Waals surface area (Å²) in [6.07, 6.45) is 0. The molecule has 4 N–H and O–H groups in total. The van der Waals surface area contributed by atoms with Gasteiger partial charge in [-0.05, 0) is 7.05 Å². The minimum absolute atomic E-state index is 1.33. The maximum absolute atomic E-state index is 9.93. The third kappa shape index (κ3) is 2.22. The molecule has 0 saturated carbocycles. The average Bonchev–Trinajstić information content (AvgIpc) is 1.62. The lowest BCUT2D eigenvalue weighted by Crippen LogP contribution is -2.41. The van der Waals surface area contributed by atoms with Crippen molar-refractivity contribution in [2.24, 2.45) is 5.73 Å². The summed E-state index contributed by atoms with van der Waals surface area (Å²) in [7, 11) is -2.75. The van der Waals surface area contributed by atoms with Crippen molar-refractivity contribution in [3.8, 4) is 0 Å². The second-order valence-electron chi connectivity index (χ2n) is 1.22. The van der Waals surface area contributed by atoms with Crippen LogP contribution < -0.4 is 11.1 Å². The molecule has 8 heavy (non-hydrogen) atoms. The van der Waals surface area contributed by atoms with Crippen LogP contribution in [0.2, 0.25) is 0 Å². The topological polar surface area (TPSA) is 92.4 Å². The molecule has 6 heteroatoms. The standard InChI is InChI=1S/C2H8N2O3S/c1-4-2(3)8(5,6)7/h2,4H,3H2,1H3,(H,5,6,7). The molecule has 0 radical (unpaired) electrons. The molecule has 0 heterocycles. The second-order valence-corrected chi connectivity index (χ2v) is 2.76. The Morgan fingerprint density at radius 2 is 2.12 bits per heavy atom. The fourth-order valence-corrected chi connectivity index (χ4v) is 0.447. The molecule has 1 unspecified atom stereocenters. The molecule has 0 spiro atoms. The summed E-state index contributed by atoms with van der Waals surface area (Å²) in [5.74, 6) is 0. The zero-order valence-corrected chi connectivity index (χ0v) is 5.14. The van der Waals surface area contributed by atoms with Crippen LogP contribution in [0, 0.1) is 0 Å². The van der Waals surface area contributed by atoms with Gasteiger partial charge in [0.2, 0.25) is 0 Å². The van der Waals surface area contributed by atoms with E-state index in [0.717, 1.165) is 0 Å². The molecule has 0 aromatic heterocycles. The minimum Gasteiger partial charge on any atom is -0.301 e. The maximum Gasteiger partial charge on any atom is 0.294 e. The fourth-order valence-electron chi connectivity index (χ4n) is 0.149. The van der Waals surface area contributed by atoms with Gasteiger partial charge in [-0.1, -0.05) is 0 Å². The molecule has 5 nitrogen and oxygen atoms in total. The summed E-state index contributed by atoms with van der Waals surface area (Å²) >= 11 is 0. The molecule has 1 atom stereocenters. The highest BCUT2D eigenvalue weighted by atomic mass is 32.2. The summed E-state index contributed by atoms with van der Waals surface area (Å²) in [5.41, 5.74) is 3.43. The number of nitrogens with two attached hydrogens (primary N) is 1. The molecule has 0 aromatic rings. The average molecular weight is 140 g/mol. The number of rotatable bonds is 2. The van der Waals surface area contributed by atoms with Gasteiger partial charge in [-0.15, -0.1) is 0 Å². The Kier molecular flexibility index (Phi) is 2.35. The van der Waals surface area contributed by atoms with Crippen molar-refractivity contribution < 1.29 is 13.0 Å². The normalized spacial score (nSPS) is 15.9. The smallest absolute Gasteiger partial charge is 0.294 e. The monoisotopic (exact) mass is 140 g/mol. The maximum atomic E-state index is 9.93. The first-order valence-corrected chi connectivity index (χ1v) is 3.38. The van der Waals surface area contributed by atoms with E-state index < -0.39 is 15.6 Å². The first-order chi connectivity index (χ1) is 3.48. The molecule has 0 saturated heterocycles. The van der Waals surface area contributed by atoms with Crippen molar-refractivity contribution >= 4 is 10.1 Å². The summed E-state index contributed by atoms with van der Waals surface area (Å²) < 4.78 is 27.9. The Labute approximate surface area is 47.6 Å². The van der Waals surface area contributed by atoms with Gasteiger partial charge in [0.25, 0.3) is 10.1 Å². The van der Waals surface area contributed by atoms with E-state index in [0.29, 0.717) is 0 Å². The van der Waals surface area contributed by atoms with Crippen LogP contribution in [0.4, 0.5) is 0 Å². The van der Waals surface area contributed by atoms with Crippen LogP contribution in [0.1, 0.15) is 0 Å². The molecule has 0 aliphatic carbocycles. The van der Waals surface area contributed by atoms with E-state index in [-0.39, 0.29) is 0 Å². The van der Waals surface area contributed by atoms with Gasteiger partial charge in [0.1, 0.15) is 0 Å². The largest absolute Gasteiger partial charge is 0.301 e. The van der Waals surface area contributed by atoms with Gasteiger partial charge in [-0.3, -0.25) is 9.87 Å². The quantitative estimate of drug-likeness (QED) is 0.315. The predicted molar refractivity (Wildman–Crippen MR) is 28.6 cm³/mol. The van der Waals surface area contributed by atoms with Gasteiger partial charge in [0.05, 0.1) is 0 Å². The lowest BCUT2D eigenvalue weighted by atomic mass is 11.1. The van der Waals surface area contributed by atoms with Crippen LogP contribution in [-0.4, -0.2) is 25.5 Å². The van der Waals surface area contributed by atoms with Crippen LogP contribution in [0.3, 0.4) is 0 Å². The molecular weight excluding hydrogens is 132 g/mol. The second kappa shape index (κ2) is 2.40. The van der Waals surface area contributed by atoms with Crippen molar-refractivity contribution in [2.75, 3.05) is 7.05 Å². The Bertz CT molecular complexity index is 151. The highest BCUT2D eigenvalue weighted by molar-refractivity contribution is 7.86. The van der Waals surface area contributed by atoms with Crippen LogP contribution in [0.25, 0.3) is 0 Å². The van der Waals surface area contributed by atoms with Crippen molar-refractivity contribution in [1.29, 1.82) is 0 Å². The summed E-state index contributed by atoms with van der Waals surface area (Å²) in [5, 5.41) is 2.14. The van der Waals surface area contributed by atoms with Crippen LogP contribution in [0.5, 0.6) is 0 Å². The van der Waals surface area contributed by atoms with E-state index in [2.05, 4.69) is 5.32 Å². The van der Waals surface area contributed by atoms with E-state index in [4.69, 9.17) is 10.3 Å². The molecule has 0 fully saturated rings. The Morgan fingerprint density at radius 3 is 2.12 bits per heavy atom. The lowest BCUT2D eigenvalue weighted by molar-refractivity contribution is 0.459. The molecule has 0 bridgehead atoms. The van der Waals surface area contributed by atoms with Gasteiger partial charge in [-0.25, -0.2) is 0 Å². The highest BCUT2D eigenvalue weighted by Crippen LogP contribution is 1.81. The molecule has 0 aliphatic heterocycles. The summed E-state index contributed by atoms with van der Waals surface area (Å²) in [6, 6.07) is 0. The Hall–Kier alpha value is -0.170. The van der Waals surface area contributed by atoms with Gasteiger partial charge in [0, 0.05) is 0 Å². The molecular formula is C2H8N2O3S. The van der Waals surface area contributed by atoms with Crippen molar-refractivity contribution in [3.05, 3.63) is 0 Å². The van der Waals surface area contributed by atoms with Gasteiger partial charge in [-0.2, -0.15) is 8.42 Å². The van der Waals surface area contributed by atoms with Crippen LogP contribution in [-0.2, 0) is 10.1 Å². The summed E-state index contributed by atoms with van der Waals surface area (Å²) in [4.78, 5) is 0. The first kappa shape index (κ1) is 7.83. The number of hydrogen-bond donors (Lipinski definition) is 3. The van der Waals surface area contributed by atoms with Crippen molar-refractivity contribution in [3.63, 3.8) is 0 Å². The third-order valence-corrected chi connectivity index (χ3v) is 1.48. The predicted octanol–water partition coefficient (Wildman–Crippen LogP) is -1.66. The number of hydrogen-bond acceptors (Lipinski definition) is 4. The SMILES string of the molecule is CNC(N)S(=O)(=O)O. The molecule has 0 rings (SSSR count). The van der Waals surface area contributed by atoms with Crippen molar-refractivity contribution in [1.82, 2.24) is 5.32 Å². The molecule has 0 aliphatic rings. The Morgan fingerprint density at radius 1 is 1.75 bits per heavy atom. The van der Waals surface area contributed by atoms with E-state index >= 15 is 0 Å². The van der Waals surface area contributed by atoms with Gasteiger partial charge < -0.3 is 5.73 Å². The third-order valence-electron chi connectivity index (χ3n) is 0.605. The van der Waals surface area contributed by atoms with Crippen LogP contribution in [0.15, 0.2) is 0 Å². The summed E-state index contributed by atoms with van der Waals surface area (Å²) in [6.45, 7) is 0. The van der Waals surface area contributed by atoms with E-state index in [9.17, 15) is 8.42 Å². The van der Waals surface area contributed by atoms with E-state index in [1.54, 1.807) is 0 Å². The van der Waals surface area contributed by atoms with E-state index in [1.165, 1.54) is 7.05 Å². The Balaban J connectivity index is 4.04. The molecule has 0 amide bonds. The zero-order chi connectivity index (χ0) is 6.78. The molecule has 50 valence electrons. The zero-order valence-electron chi connectivity index (χ0n) is 4.33. The van der Waals surface area contributed by atoms with Crippen LogP contribution >= 0.6 is 0 Å². The lowest BCUT2D eigenvalue weighted by Gasteiger charge is -2.03. The fraction of sp³-hybridized carbons (Fsp3) is 1.00. The minimum atomic E-state index is -4.09. The highest BCUT2D eigenvalue weighted by Gasteiger charge is 2.13.